The van der Waals surface area contributed by atoms with Crippen molar-refractivity contribution in [3.8, 4) is 0 Å². The Balaban J connectivity index is 3.18. The van der Waals surface area contributed by atoms with Crippen LogP contribution in [0.5, 0.6) is 0 Å². The summed E-state index contributed by atoms with van der Waals surface area (Å²) >= 11 is 0. The molecule has 94 valence electrons. The van der Waals surface area contributed by atoms with E-state index in [2.05, 4.69) is 4.74 Å². The molecule has 1 aliphatic rings. The molecule has 7 heteroatoms. The highest BCUT2D eigenvalue weighted by Gasteiger charge is 2.63. The van der Waals surface area contributed by atoms with Gasteiger partial charge in [-0.2, -0.15) is 0 Å². The smallest absolute Gasteiger partial charge is 0.318 e. The highest BCUT2D eigenvalue weighted by atomic mass is 32.2. The van der Waals surface area contributed by atoms with Crippen molar-refractivity contribution in [3.05, 3.63) is 0 Å². The van der Waals surface area contributed by atoms with E-state index in [-0.39, 0.29) is 12.8 Å². The summed E-state index contributed by atoms with van der Waals surface area (Å²) in [4.78, 5) is 11.4. The molecule has 0 aromatic heterocycles. The molecule has 0 aromatic rings. The number of rotatable bonds is 2. The molecular weight excluding hydrogens is 242 g/mol. The molecule has 1 atom stereocenters. The predicted octanol–water partition coefficient (Wildman–Crippen LogP) is 1.01. The Morgan fingerprint density at radius 1 is 1.44 bits per heavy atom. The van der Waals surface area contributed by atoms with Gasteiger partial charge in [-0.25, -0.2) is 17.2 Å². The van der Waals surface area contributed by atoms with E-state index in [0.29, 0.717) is 0 Å². The minimum absolute atomic E-state index is 0.137. The van der Waals surface area contributed by atoms with Crippen LogP contribution in [0.15, 0.2) is 0 Å². The Bertz CT molecular complexity index is 390. The first-order chi connectivity index (χ1) is 7.21. The van der Waals surface area contributed by atoms with Gasteiger partial charge in [-0.3, -0.25) is 4.79 Å². The van der Waals surface area contributed by atoms with Gasteiger partial charge in [0.2, 0.25) is 0 Å². The minimum Gasteiger partial charge on any atom is -0.468 e. The number of sulfone groups is 1. The van der Waals surface area contributed by atoms with Gasteiger partial charge in [0.15, 0.2) is 9.84 Å². The Kier molecular flexibility index (Phi) is 3.29. The molecule has 0 saturated carbocycles. The fraction of sp³-hybridized carbons (Fsp3) is 0.889. The lowest BCUT2D eigenvalue weighted by atomic mass is 9.76. The second-order valence-corrected chi connectivity index (χ2v) is 6.16. The summed E-state index contributed by atoms with van der Waals surface area (Å²) in [7, 11) is -2.74. The van der Waals surface area contributed by atoms with Crippen LogP contribution in [0.1, 0.15) is 19.8 Å². The fourth-order valence-corrected chi connectivity index (χ4v) is 3.66. The number of alkyl halides is 2. The molecule has 1 rings (SSSR count). The molecular formula is C9H14F2O4S. The average Bonchev–Trinajstić information content (AvgIpc) is 2.15. The Labute approximate surface area is 92.9 Å². The number of hydrogen-bond acceptors (Lipinski definition) is 4. The second-order valence-electron chi connectivity index (χ2n) is 3.97. The van der Waals surface area contributed by atoms with Gasteiger partial charge < -0.3 is 4.74 Å². The first-order valence-corrected chi connectivity index (χ1v) is 6.69. The van der Waals surface area contributed by atoms with Crippen molar-refractivity contribution in [2.24, 2.45) is 5.41 Å². The lowest BCUT2D eigenvalue weighted by Gasteiger charge is -2.40. The SMILES string of the molecule is CCC1(C(=O)OC)CCS(=O)(=O)CC1(F)F. The highest BCUT2D eigenvalue weighted by Crippen LogP contribution is 2.48. The van der Waals surface area contributed by atoms with Crippen molar-refractivity contribution in [2.75, 3.05) is 18.6 Å². The minimum atomic E-state index is -3.77. The molecule has 1 unspecified atom stereocenters. The molecule has 0 aromatic carbocycles. The molecule has 1 saturated heterocycles. The Morgan fingerprint density at radius 2 is 2.00 bits per heavy atom. The molecule has 0 amide bonds. The van der Waals surface area contributed by atoms with Gasteiger partial charge in [0, 0.05) is 0 Å². The van der Waals surface area contributed by atoms with Crippen LogP contribution in [0.3, 0.4) is 0 Å². The number of ether oxygens (including phenoxy) is 1. The van der Waals surface area contributed by atoms with Crippen LogP contribution in [0.2, 0.25) is 0 Å². The van der Waals surface area contributed by atoms with Gasteiger partial charge in [0.1, 0.15) is 11.2 Å². The Morgan fingerprint density at radius 3 is 2.38 bits per heavy atom. The van der Waals surface area contributed by atoms with Crippen LogP contribution in [0.4, 0.5) is 8.78 Å². The van der Waals surface area contributed by atoms with E-state index in [9.17, 15) is 22.0 Å². The number of carbonyl (C=O) groups is 1. The lowest BCUT2D eigenvalue weighted by Crippen LogP contribution is -2.56. The summed E-state index contributed by atoms with van der Waals surface area (Å²) in [5.41, 5.74) is -1.99. The molecule has 1 aliphatic heterocycles. The summed E-state index contributed by atoms with van der Waals surface area (Å²) in [6, 6.07) is 0. The van der Waals surface area contributed by atoms with Crippen molar-refractivity contribution < 1.29 is 26.7 Å². The van der Waals surface area contributed by atoms with Gasteiger partial charge in [-0.1, -0.05) is 6.92 Å². The first kappa shape index (κ1) is 13.3. The quantitative estimate of drug-likeness (QED) is 0.692. The van der Waals surface area contributed by atoms with Gasteiger partial charge in [-0.05, 0) is 12.8 Å². The normalized spacial score (nSPS) is 32.0. The van der Waals surface area contributed by atoms with Crippen LogP contribution in [-0.2, 0) is 19.4 Å². The van der Waals surface area contributed by atoms with E-state index >= 15 is 0 Å². The van der Waals surface area contributed by atoms with E-state index in [0.717, 1.165) is 7.11 Å². The van der Waals surface area contributed by atoms with E-state index < -0.39 is 38.6 Å². The van der Waals surface area contributed by atoms with Crippen molar-refractivity contribution in [2.45, 2.75) is 25.7 Å². The topological polar surface area (TPSA) is 60.4 Å². The zero-order valence-corrected chi connectivity index (χ0v) is 9.94. The standard InChI is InChI=1S/C9H14F2O4S/c1-3-8(7(12)15-2)4-5-16(13,14)6-9(8,10)11/h3-6H2,1-2H3. The summed E-state index contributed by atoms with van der Waals surface area (Å²) in [5.74, 6) is -6.27. The van der Waals surface area contributed by atoms with E-state index in [1.165, 1.54) is 6.92 Å². The van der Waals surface area contributed by atoms with Crippen molar-refractivity contribution in [1.29, 1.82) is 0 Å². The molecule has 16 heavy (non-hydrogen) atoms. The molecule has 1 heterocycles. The third-order valence-electron chi connectivity index (χ3n) is 3.12. The van der Waals surface area contributed by atoms with E-state index in [1.807, 2.05) is 0 Å². The molecule has 0 bridgehead atoms. The third-order valence-corrected chi connectivity index (χ3v) is 4.75. The number of halogens is 2. The van der Waals surface area contributed by atoms with Gasteiger partial charge in [-0.15, -0.1) is 0 Å². The molecule has 0 radical (unpaired) electrons. The molecule has 0 spiro atoms. The van der Waals surface area contributed by atoms with Crippen molar-refractivity contribution >= 4 is 15.8 Å². The Hall–Kier alpha value is -0.720. The van der Waals surface area contributed by atoms with Crippen LogP contribution >= 0.6 is 0 Å². The zero-order chi connectivity index (χ0) is 12.6. The van der Waals surface area contributed by atoms with Gasteiger partial charge in [0.05, 0.1) is 12.9 Å². The number of esters is 1. The molecule has 1 fully saturated rings. The largest absolute Gasteiger partial charge is 0.468 e. The van der Waals surface area contributed by atoms with Crippen LogP contribution < -0.4 is 0 Å². The summed E-state index contributed by atoms with van der Waals surface area (Å²) in [6.45, 7) is 1.43. The maximum absolute atomic E-state index is 13.8. The van der Waals surface area contributed by atoms with Crippen molar-refractivity contribution in [1.82, 2.24) is 0 Å². The molecule has 0 aliphatic carbocycles. The average molecular weight is 256 g/mol. The third kappa shape index (κ3) is 1.92. The number of methoxy groups -OCH3 is 1. The maximum atomic E-state index is 13.8. The maximum Gasteiger partial charge on any atom is 0.318 e. The first-order valence-electron chi connectivity index (χ1n) is 4.87. The van der Waals surface area contributed by atoms with Crippen LogP contribution in [0.25, 0.3) is 0 Å². The lowest BCUT2D eigenvalue weighted by molar-refractivity contribution is -0.180. The monoisotopic (exact) mass is 256 g/mol. The van der Waals surface area contributed by atoms with Crippen LogP contribution in [-0.4, -0.2) is 38.9 Å². The van der Waals surface area contributed by atoms with Gasteiger partial charge in [0.25, 0.3) is 5.92 Å². The zero-order valence-electron chi connectivity index (χ0n) is 9.13. The van der Waals surface area contributed by atoms with Gasteiger partial charge >= 0.3 is 5.97 Å². The van der Waals surface area contributed by atoms with Crippen LogP contribution in [0, 0.1) is 5.41 Å². The highest BCUT2D eigenvalue weighted by molar-refractivity contribution is 7.91. The van der Waals surface area contributed by atoms with E-state index in [4.69, 9.17) is 0 Å². The predicted molar refractivity (Wildman–Crippen MR) is 53.0 cm³/mol. The second kappa shape index (κ2) is 3.94. The number of hydrogen-bond donors (Lipinski definition) is 0. The van der Waals surface area contributed by atoms with Crippen molar-refractivity contribution in [3.63, 3.8) is 0 Å². The summed E-state index contributed by atoms with van der Waals surface area (Å²) in [5, 5.41) is 0. The summed E-state index contributed by atoms with van der Waals surface area (Å²) in [6.07, 6.45) is -0.520. The fourth-order valence-electron chi connectivity index (χ4n) is 2.03. The summed E-state index contributed by atoms with van der Waals surface area (Å²) < 4.78 is 54.2. The molecule has 0 N–H and O–H groups in total. The van der Waals surface area contributed by atoms with E-state index in [1.54, 1.807) is 0 Å². The number of carbonyl (C=O) groups excluding carboxylic acids is 1. The molecule has 4 nitrogen and oxygen atoms in total.